The Morgan fingerprint density at radius 1 is 1.58 bits per heavy atom. The van der Waals surface area contributed by atoms with Gasteiger partial charge in [0.15, 0.2) is 12.7 Å². The summed E-state index contributed by atoms with van der Waals surface area (Å²) in [5.74, 6) is 0. The van der Waals surface area contributed by atoms with Gasteiger partial charge in [-0.2, -0.15) is 0 Å². The van der Waals surface area contributed by atoms with Gasteiger partial charge in [0, 0.05) is 0 Å². The maximum Gasteiger partial charge on any atom is 0.193 e. The average molecular weight is 176 g/mol. The van der Waals surface area contributed by atoms with Gasteiger partial charge in [-0.3, -0.25) is 4.79 Å². The fourth-order valence-electron chi connectivity index (χ4n) is 1.17. The zero-order valence-corrected chi connectivity index (χ0v) is 7.44. The molecular weight excluding hydrogens is 169 g/mol. The summed E-state index contributed by atoms with van der Waals surface area (Å²) in [6, 6.07) is 1.92. The van der Waals surface area contributed by atoms with Crippen LogP contribution >= 0.6 is 11.3 Å². The van der Waals surface area contributed by atoms with Gasteiger partial charge in [0.2, 0.25) is 0 Å². The molecule has 2 rings (SSSR count). The summed E-state index contributed by atoms with van der Waals surface area (Å²) in [4.78, 5) is 14.7. The second-order valence-corrected chi connectivity index (χ2v) is 3.44. The van der Waals surface area contributed by atoms with E-state index in [1.54, 1.807) is 6.20 Å². The standard InChI is InChI=1S/C8H7BNOS/c1-9-5-4-10-6-2-3-12-8(6)7(5)11/h2-4H,1H3,(H,10,11). The van der Waals surface area contributed by atoms with E-state index in [2.05, 4.69) is 4.98 Å². The molecule has 1 radical (unpaired) electrons. The Kier molecular flexibility index (Phi) is 1.77. The number of aromatic nitrogens is 1. The number of fused-ring (bicyclic) bond motifs is 1. The molecule has 0 saturated carbocycles. The molecule has 0 bridgehead atoms. The second-order valence-electron chi connectivity index (χ2n) is 2.53. The molecule has 0 aliphatic rings. The molecule has 0 aliphatic carbocycles. The van der Waals surface area contributed by atoms with Crippen molar-refractivity contribution in [2.45, 2.75) is 6.82 Å². The Hall–Kier alpha value is -1.03. The van der Waals surface area contributed by atoms with Gasteiger partial charge in [0.1, 0.15) is 0 Å². The normalized spacial score (nSPS) is 10.4. The lowest BCUT2D eigenvalue weighted by Gasteiger charge is -1.93. The van der Waals surface area contributed by atoms with Crippen LogP contribution in [0, 0.1) is 0 Å². The number of thiophene rings is 1. The van der Waals surface area contributed by atoms with Gasteiger partial charge in [-0.15, -0.1) is 11.3 Å². The molecule has 2 heterocycles. The smallest absolute Gasteiger partial charge is 0.193 e. The van der Waals surface area contributed by atoms with E-state index in [4.69, 9.17) is 0 Å². The predicted octanol–water partition coefficient (Wildman–Crippen LogP) is 0.967. The molecular formula is C8H7BNOS. The lowest BCUT2D eigenvalue weighted by atomic mass is 9.74. The molecule has 4 heteroatoms. The number of rotatable bonds is 1. The molecule has 0 aliphatic heterocycles. The minimum absolute atomic E-state index is 0.126. The number of pyridine rings is 1. The molecule has 2 nitrogen and oxygen atoms in total. The van der Waals surface area contributed by atoms with Gasteiger partial charge >= 0.3 is 0 Å². The Bertz CT molecular complexity index is 459. The lowest BCUT2D eigenvalue weighted by Crippen LogP contribution is -2.29. The quantitative estimate of drug-likeness (QED) is 0.645. The van der Waals surface area contributed by atoms with Crippen molar-refractivity contribution in [1.29, 1.82) is 0 Å². The van der Waals surface area contributed by atoms with Crippen LogP contribution in [0.3, 0.4) is 0 Å². The van der Waals surface area contributed by atoms with E-state index in [9.17, 15) is 4.79 Å². The molecule has 0 unspecified atom stereocenters. The van der Waals surface area contributed by atoms with Crippen LogP contribution in [0.15, 0.2) is 22.4 Å². The van der Waals surface area contributed by atoms with Crippen LogP contribution in [0.4, 0.5) is 0 Å². The van der Waals surface area contributed by atoms with Crippen molar-refractivity contribution in [2.75, 3.05) is 0 Å². The van der Waals surface area contributed by atoms with Crippen LogP contribution < -0.4 is 10.9 Å². The average Bonchev–Trinajstić information content (AvgIpc) is 2.53. The summed E-state index contributed by atoms with van der Waals surface area (Å²) in [5, 5.41) is 1.92. The number of aromatic amines is 1. The van der Waals surface area contributed by atoms with Crippen molar-refractivity contribution in [2.24, 2.45) is 0 Å². The monoisotopic (exact) mass is 176 g/mol. The number of hydrogen-bond donors (Lipinski definition) is 1. The Balaban J connectivity index is 2.88. The van der Waals surface area contributed by atoms with Crippen LogP contribution in [-0.4, -0.2) is 12.3 Å². The third-order valence-corrected chi connectivity index (χ3v) is 2.74. The maximum absolute atomic E-state index is 11.6. The van der Waals surface area contributed by atoms with E-state index in [-0.39, 0.29) is 5.43 Å². The van der Waals surface area contributed by atoms with Crippen molar-refractivity contribution >= 4 is 34.3 Å². The van der Waals surface area contributed by atoms with Crippen molar-refractivity contribution in [1.82, 2.24) is 4.98 Å². The van der Waals surface area contributed by atoms with Crippen LogP contribution in [0.2, 0.25) is 6.82 Å². The highest BCUT2D eigenvalue weighted by Gasteiger charge is 2.03. The first kappa shape index (κ1) is 7.62. The number of H-pyrrole nitrogens is 1. The summed E-state index contributed by atoms with van der Waals surface area (Å²) >= 11 is 1.48. The molecule has 0 atom stereocenters. The number of hydrogen-bond acceptors (Lipinski definition) is 2. The highest BCUT2D eigenvalue weighted by atomic mass is 32.1. The minimum atomic E-state index is 0.126. The summed E-state index contributed by atoms with van der Waals surface area (Å²) in [7, 11) is 1.82. The van der Waals surface area contributed by atoms with Gasteiger partial charge in [0.05, 0.1) is 10.2 Å². The van der Waals surface area contributed by atoms with E-state index in [1.807, 2.05) is 25.5 Å². The highest BCUT2D eigenvalue weighted by Crippen LogP contribution is 2.12. The van der Waals surface area contributed by atoms with Crippen LogP contribution in [0.5, 0.6) is 0 Å². The molecule has 0 fully saturated rings. The van der Waals surface area contributed by atoms with E-state index in [0.717, 1.165) is 15.7 Å². The summed E-state index contributed by atoms with van der Waals surface area (Å²) in [5.41, 5.74) is 1.79. The van der Waals surface area contributed by atoms with Crippen molar-refractivity contribution < 1.29 is 0 Å². The van der Waals surface area contributed by atoms with E-state index in [1.165, 1.54) is 11.3 Å². The van der Waals surface area contributed by atoms with E-state index in [0.29, 0.717) is 0 Å². The van der Waals surface area contributed by atoms with Crippen molar-refractivity contribution in [3.05, 3.63) is 27.9 Å². The largest absolute Gasteiger partial charge is 0.361 e. The van der Waals surface area contributed by atoms with Crippen molar-refractivity contribution in [3.8, 4) is 0 Å². The molecule has 0 amide bonds. The van der Waals surface area contributed by atoms with Crippen molar-refractivity contribution in [3.63, 3.8) is 0 Å². The van der Waals surface area contributed by atoms with Gasteiger partial charge in [0.25, 0.3) is 0 Å². The molecule has 59 valence electrons. The summed E-state index contributed by atoms with van der Waals surface area (Å²) in [6.07, 6.45) is 1.75. The minimum Gasteiger partial charge on any atom is -0.361 e. The zero-order chi connectivity index (χ0) is 8.55. The Morgan fingerprint density at radius 3 is 3.17 bits per heavy atom. The Labute approximate surface area is 74.5 Å². The first-order chi connectivity index (χ1) is 5.83. The van der Waals surface area contributed by atoms with E-state index >= 15 is 0 Å². The topological polar surface area (TPSA) is 32.9 Å². The molecule has 0 spiro atoms. The summed E-state index contributed by atoms with van der Waals surface area (Å²) in [6.45, 7) is 1.87. The van der Waals surface area contributed by atoms with Crippen LogP contribution in [-0.2, 0) is 0 Å². The fraction of sp³-hybridized carbons (Fsp3) is 0.125. The van der Waals surface area contributed by atoms with Gasteiger partial charge < -0.3 is 4.98 Å². The third kappa shape index (κ3) is 0.993. The van der Waals surface area contributed by atoms with E-state index < -0.39 is 0 Å². The fourth-order valence-corrected chi connectivity index (χ4v) is 1.98. The zero-order valence-electron chi connectivity index (χ0n) is 6.63. The SMILES string of the molecule is C[B]c1c[nH]c2ccsc2c1=O. The van der Waals surface area contributed by atoms with Gasteiger partial charge in [-0.05, 0) is 23.1 Å². The maximum atomic E-state index is 11.6. The van der Waals surface area contributed by atoms with Crippen LogP contribution in [0.25, 0.3) is 10.2 Å². The van der Waals surface area contributed by atoms with Gasteiger partial charge in [-0.1, -0.05) is 6.82 Å². The van der Waals surface area contributed by atoms with Crippen LogP contribution in [0.1, 0.15) is 0 Å². The molecule has 1 N–H and O–H groups in total. The molecule has 2 aromatic heterocycles. The second kappa shape index (κ2) is 2.79. The molecule has 0 saturated heterocycles. The first-order valence-corrected chi connectivity index (χ1v) is 4.59. The molecule has 12 heavy (non-hydrogen) atoms. The Morgan fingerprint density at radius 2 is 2.42 bits per heavy atom. The van der Waals surface area contributed by atoms with Gasteiger partial charge in [-0.25, -0.2) is 0 Å². The predicted molar refractivity (Wildman–Crippen MR) is 53.7 cm³/mol. The number of nitrogens with one attached hydrogen (secondary N) is 1. The molecule has 0 aromatic carbocycles. The summed E-state index contributed by atoms with van der Waals surface area (Å²) < 4.78 is 0.811. The third-order valence-electron chi connectivity index (χ3n) is 1.83. The highest BCUT2D eigenvalue weighted by molar-refractivity contribution is 7.17. The lowest BCUT2D eigenvalue weighted by molar-refractivity contribution is 1.43. The molecule has 2 aromatic rings. The first-order valence-electron chi connectivity index (χ1n) is 3.71.